The van der Waals surface area contributed by atoms with Gasteiger partial charge < -0.3 is 5.32 Å². The summed E-state index contributed by atoms with van der Waals surface area (Å²) in [6.07, 6.45) is 0. The van der Waals surface area contributed by atoms with Crippen molar-refractivity contribution in [2.75, 3.05) is 5.32 Å². The van der Waals surface area contributed by atoms with E-state index in [1.807, 2.05) is 43.4 Å². The van der Waals surface area contributed by atoms with Gasteiger partial charge in [0.25, 0.3) is 0 Å². The second-order valence-electron chi connectivity index (χ2n) is 6.32. The molecule has 0 spiro atoms. The summed E-state index contributed by atoms with van der Waals surface area (Å²) in [5, 5.41) is 4.29. The Morgan fingerprint density at radius 3 is 2.44 bits per heavy atom. The lowest BCUT2D eigenvalue weighted by Gasteiger charge is -2.14. The summed E-state index contributed by atoms with van der Waals surface area (Å²) < 4.78 is 16.6. The van der Waals surface area contributed by atoms with E-state index >= 15 is 0 Å². The van der Waals surface area contributed by atoms with Crippen molar-refractivity contribution in [1.29, 1.82) is 0 Å². The van der Waals surface area contributed by atoms with Crippen molar-refractivity contribution >= 4 is 51.0 Å². The monoisotopic (exact) mass is 419 g/mol. The van der Waals surface area contributed by atoms with Crippen molar-refractivity contribution in [3.05, 3.63) is 68.4 Å². The molecule has 7 heteroatoms. The molecule has 0 aliphatic rings. The Morgan fingerprint density at radius 2 is 1.74 bits per heavy atom. The molecule has 0 amide bonds. The molecule has 2 aromatic carbocycles. The van der Waals surface area contributed by atoms with Gasteiger partial charge in [0.2, 0.25) is 0 Å². The number of nitrogens with zero attached hydrogens (tertiary/aromatic N) is 2. The molecule has 0 saturated carbocycles. The summed E-state index contributed by atoms with van der Waals surface area (Å²) in [5.74, 6) is 0.233. The number of anilines is 2. The smallest absolute Gasteiger partial charge is 0.196 e. The number of fused-ring (bicyclic) bond motifs is 1. The topological polar surface area (TPSA) is 29.3 Å². The van der Waals surface area contributed by atoms with Crippen molar-refractivity contribution in [3.8, 4) is 11.3 Å². The summed E-state index contributed by atoms with van der Waals surface area (Å²) in [6, 6.07) is 10.3. The molecule has 4 aromatic rings. The van der Waals surface area contributed by atoms with Crippen LogP contribution >= 0.6 is 34.5 Å². The van der Waals surface area contributed by atoms with Crippen molar-refractivity contribution in [3.63, 3.8) is 0 Å². The van der Waals surface area contributed by atoms with Gasteiger partial charge in [-0.25, -0.2) is 9.37 Å². The fourth-order valence-corrected chi connectivity index (χ4v) is 4.56. The normalized spacial score (nSPS) is 11.3. The van der Waals surface area contributed by atoms with E-state index in [4.69, 9.17) is 28.2 Å². The number of thiazole rings is 1. The number of hydrogen-bond donors (Lipinski definition) is 1. The van der Waals surface area contributed by atoms with E-state index < -0.39 is 5.82 Å². The molecule has 0 unspecified atom stereocenters. The molecule has 27 heavy (non-hydrogen) atoms. The van der Waals surface area contributed by atoms with Crippen LogP contribution in [0.5, 0.6) is 0 Å². The molecule has 0 bridgehead atoms. The fourth-order valence-electron chi connectivity index (χ4n) is 3.07. The van der Waals surface area contributed by atoms with Crippen molar-refractivity contribution < 1.29 is 4.39 Å². The number of aromatic nitrogens is 2. The van der Waals surface area contributed by atoms with Gasteiger partial charge in [-0.15, -0.1) is 11.3 Å². The standard InChI is InChI=1S/C20H16Cl2FN3S/c1-10-6-4-8-14(22)17(10)24-19-18(16-13(21)7-5-9-15(16)23)25-20-26(19)11(2)12(3)27-20/h4-9,24H,1-3H3. The number of aryl methyl sites for hydroxylation is 3. The van der Waals surface area contributed by atoms with Gasteiger partial charge in [0.05, 0.1) is 21.3 Å². The third-order valence-electron chi connectivity index (χ3n) is 4.60. The van der Waals surface area contributed by atoms with Crippen molar-refractivity contribution in [2.24, 2.45) is 0 Å². The van der Waals surface area contributed by atoms with E-state index in [0.717, 1.165) is 26.8 Å². The molecular formula is C20H16Cl2FN3S. The van der Waals surface area contributed by atoms with E-state index in [0.29, 0.717) is 21.6 Å². The Balaban J connectivity index is 2.02. The van der Waals surface area contributed by atoms with Crippen LogP contribution in [0.3, 0.4) is 0 Å². The van der Waals surface area contributed by atoms with Crippen LogP contribution < -0.4 is 5.32 Å². The maximum Gasteiger partial charge on any atom is 0.196 e. The van der Waals surface area contributed by atoms with Crippen LogP contribution in [0.15, 0.2) is 36.4 Å². The van der Waals surface area contributed by atoms with Gasteiger partial charge in [0.15, 0.2) is 4.96 Å². The molecule has 0 atom stereocenters. The first-order valence-corrected chi connectivity index (χ1v) is 9.90. The number of halogens is 3. The summed E-state index contributed by atoms with van der Waals surface area (Å²) >= 11 is 14.3. The molecule has 3 nitrogen and oxygen atoms in total. The molecule has 2 heterocycles. The van der Waals surface area contributed by atoms with Gasteiger partial charge in [-0.3, -0.25) is 4.40 Å². The van der Waals surface area contributed by atoms with Crippen molar-refractivity contribution in [1.82, 2.24) is 9.38 Å². The largest absolute Gasteiger partial charge is 0.338 e. The Morgan fingerprint density at radius 1 is 1.04 bits per heavy atom. The average molecular weight is 420 g/mol. The summed E-state index contributed by atoms with van der Waals surface area (Å²) in [5.41, 5.74) is 3.52. The molecule has 2 aromatic heterocycles. The second kappa shape index (κ2) is 6.82. The van der Waals surface area contributed by atoms with E-state index in [2.05, 4.69) is 5.32 Å². The highest BCUT2D eigenvalue weighted by molar-refractivity contribution is 7.17. The van der Waals surface area contributed by atoms with Gasteiger partial charge in [0, 0.05) is 10.6 Å². The summed E-state index contributed by atoms with van der Waals surface area (Å²) in [7, 11) is 0. The highest BCUT2D eigenvalue weighted by atomic mass is 35.5. The first-order chi connectivity index (χ1) is 12.9. The third-order valence-corrected chi connectivity index (χ3v) is 6.29. The minimum atomic E-state index is -0.415. The Kier molecular flexibility index (Phi) is 4.62. The van der Waals surface area contributed by atoms with Crippen molar-refractivity contribution in [2.45, 2.75) is 20.8 Å². The highest BCUT2D eigenvalue weighted by Crippen LogP contribution is 2.41. The van der Waals surface area contributed by atoms with Gasteiger partial charge in [0.1, 0.15) is 17.3 Å². The Hall–Kier alpha value is -2.08. The lowest BCUT2D eigenvalue weighted by molar-refractivity contribution is 0.631. The van der Waals surface area contributed by atoms with Crippen LogP contribution in [0.1, 0.15) is 16.1 Å². The fraction of sp³-hybridized carbons (Fsp3) is 0.150. The number of hydrogen-bond acceptors (Lipinski definition) is 3. The zero-order valence-corrected chi connectivity index (χ0v) is 17.2. The van der Waals surface area contributed by atoms with Crippen LogP contribution in [0.25, 0.3) is 16.2 Å². The van der Waals surface area contributed by atoms with Gasteiger partial charge >= 0.3 is 0 Å². The van der Waals surface area contributed by atoms with Gasteiger partial charge in [-0.2, -0.15) is 0 Å². The van der Waals surface area contributed by atoms with Crippen LogP contribution in [-0.4, -0.2) is 9.38 Å². The van der Waals surface area contributed by atoms with E-state index in [1.165, 1.54) is 6.07 Å². The number of imidazole rings is 1. The molecule has 138 valence electrons. The summed E-state index contributed by atoms with van der Waals surface area (Å²) in [6.45, 7) is 6.01. The van der Waals surface area contributed by atoms with Gasteiger partial charge in [-0.05, 0) is 44.5 Å². The van der Waals surface area contributed by atoms with Crippen LogP contribution in [0.4, 0.5) is 15.9 Å². The number of nitrogens with one attached hydrogen (secondary N) is 1. The lowest BCUT2D eigenvalue weighted by atomic mass is 10.1. The first-order valence-electron chi connectivity index (χ1n) is 8.33. The van der Waals surface area contributed by atoms with Crippen LogP contribution in [0.2, 0.25) is 10.0 Å². The molecule has 0 aliphatic carbocycles. The first kappa shape index (κ1) is 18.3. The van der Waals surface area contributed by atoms with E-state index in [-0.39, 0.29) is 5.56 Å². The Labute approximate surface area is 170 Å². The molecule has 4 rings (SSSR count). The minimum absolute atomic E-state index is 0.277. The zero-order valence-electron chi connectivity index (χ0n) is 14.9. The predicted molar refractivity (Wildman–Crippen MR) is 112 cm³/mol. The van der Waals surface area contributed by atoms with E-state index in [9.17, 15) is 4.39 Å². The molecule has 0 fully saturated rings. The molecule has 0 saturated heterocycles. The summed E-state index contributed by atoms with van der Waals surface area (Å²) in [4.78, 5) is 6.60. The van der Waals surface area contributed by atoms with Gasteiger partial charge in [-0.1, -0.05) is 41.4 Å². The number of rotatable bonds is 3. The van der Waals surface area contributed by atoms with Crippen LogP contribution in [0, 0.1) is 26.6 Å². The minimum Gasteiger partial charge on any atom is -0.338 e. The van der Waals surface area contributed by atoms with E-state index in [1.54, 1.807) is 23.5 Å². The highest BCUT2D eigenvalue weighted by Gasteiger charge is 2.23. The lowest BCUT2D eigenvalue weighted by Crippen LogP contribution is -2.01. The number of benzene rings is 2. The SMILES string of the molecule is Cc1cccc(Cl)c1Nc1c(-c2c(F)cccc2Cl)nc2sc(C)c(C)n12. The molecule has 0 aliphatic heterocycles. The molecule has 0 radical (unpaired) electrons. The maximum absolute atomic E-state index is 14.6. The van der Waals surface area contributed by atoms with Crippen LogP contribution in [-0.2, 0) is 0 Å². The quantitative estimate of drug-likeness (QED) is 0.381. The molecular weight excluding hydrogens is 404 g/mol. The second-order valence-corrected chi connectivity index (χ2v) is 8.32. The average Bonchev–Trinajstić information content (AvgIpc) is 3.08. The molecule has 1 N–H and O–H groups in total. The third kappa shape index (κ3) is 3.00. The zero-order chi connectivity index (χ0) is 19.3. The Bertz CT molecular complexity index is 1140. The maximum atomic E-state index is 14.6. The number of para-hydroxylation sites is 1. The predicted octanol–water partition coefficient (Wildman–Crippen LogP) is 7.18.